The quantitative estimate of drug-likeness (QED) is 0.0357. The Morgan fingerprint density at radius 3 is 1.53 bits per heavy atom. The second kappa shape index (κ2) is 22.7. The van der Waals surface area contributed by atoms with Gasteiger partial charge >= 0.3 is 315 Å². The second-order valence-electron chi connectivity index (χ2n) is 14.6. The molecule has 0 aliphatic carbocycles. The van der Waals surface area contributed by atoms with Crippen molar-refractivity contribution >= 4 is 13.2 Å². The Bertz CT molecular complexity index is 1530. The van der Waals surface area contributed by atoms with E-state index in [0.29, 0.717) is 26.4 Å². The number of hydrogen-bond donors (Lipinski definition) is 4. The first-order valence-corrected chi connectivity index (χ1v) is 21.7. The van der Waals surface area contributed by atoms with Gasteiger partial charge in [-0.15, -0.1) is 0 Å². The zero-order chi connectivity index (χ0) is 42.0. The van der Waals surface area contributed by atoms with Crippen LogP contribution in [0.2, 0.25) is 0 Å². The summed E-state index contributed by atoms with van der Waals surface area (Å²) in [4.78, 5) is 52.3. The Hall–Kier alpha value is -3.35. The van der Waals surface area contributed by atoms with Crippen LogP contribution in [0.4, 0.5) is 0 Å². The van der Waals surface area contributed by atoms with Crippen molar-refractivity contribution in [2.75, 3.05) is 80.3 Å². The molecule has 3 rings (SSSR count). The normalized spacial score (nSPS) is 14.3. The van der Waals surface area contributed by atoms with Gasteiger partial charge in [0.05, 0.1) is 13.2 Å². The fraction of sp³-hybridized carbons (Fsp3) is 0.535. The molecule has 1 amide bonds. The third kappa shape index (κ3) is 12.6. The van der Waals surface area contributed by atoms with Gasteiger partial charge in [0.25, 0.3) is 0 Å². The summed E-state index contributed by atoms with van der Waals surface area (Å²) in [5.41, 5.74) is -0.479. The average Bonchev–Trinajstić information content (AvgIpc) is 3.20. The van der Waals surface area contributed by atoms with Gasteiger partial charge in [0.15, 0.2) is 0 Å². The Kier molecular flexibility index (Phi) is 19.1. The van der Waals surface area contributed by atoms with E-state index in [1.54, 1.807) is 7.11 Å². The predicted molar refractivity (Wildman–Crippen MR) is 222 cm³/mol. The molecule has 0 aliphatic heterocycles. The first kappa shape index (κ1) is 48.0. The molecule has 0 saturated carbocycles. The van der Waals surface area contributed by atoms with E-state index in [4.69, 9.17) is 28.4 Å². The summed E-state index contributed by atoms with van der Waals surface area (Å²) in [6, 6.07) is 29.6. The van der Waals surface area contributed by atoms with Crippen molar-refractivity contribution in [1.82, 2.24) is 10.2 Å². The van der Waals surface area contributed by atoms with Crippen LogP contribution < -0.4 is 5.32 Å². The molecule has 3 aromatic carbocycles. The van der Waals surface area contributed by atoms with Crippen LogP contribution in [0, 0.1) is 11.3 Å². The summed E-state index contributed by atoms with van der Waals surface area (Å²) in [5, 5.41) is 13.2. The maximum absolute atomic E-state index is 13.3. The van der Waals surface area contributed by atoms with Crippen molar-refractivity contribution < 1.29 is 47.9 Å². The van der Waals surface area contributed by atoms with Crippen LogP contribution in [0.25, 0.3) is 0 Å². The van der Waals surface area contributed by atoms with Crippen LogP contribution in [0.3, 0.4) is 0 Å². The Balaban J connectivity index is 2.09. The van der Waals surface area contributed by atoms with Crippen LogP contribution in [0.15, 0.2) is 91.0 Å². The molecule has 0 spiro atoms. The van der Waals surface area contributed by atoms with Crippen molar-refractivity contribution in [1.29, 1.82) is 5.26 Å². The van der Waals surface area contributed by atoms with Gasteiger partial charge in [0.2, 0.25) is 0 Å². The molecular weight excluding hydrogens is 749 g/mol. The van der Waals surface area contributed by atoms with E-state index in [9.17, 15) is 24.7 Å². The molecule has 0 aliphatic rings. The Morgan fingerprint density at radius 1 is 0.719 bits per heavy atom. The molecule has 0 heterocycles. The minimum absolute atomic E-state index is 0.128. The van der Waals surface area contributed by atoms with Gasteiger partial charge < -0.3 is 4.74 Å². The maximum atomic E-state index is 13.3. The number of hydrogen-bond acceptors (Lipinski definition) is 12. The van der Waals surface area contributed by atoms with Crippen LogP contribution in [0.1, 0.15) is 50.8 Å². The number of nitrogens with one attached hydrogen (secondary N) is 1. The molecule has 2 atom stereocenters. The SMILES string of the molecule is COCCOCCOCCOCC(=O)NCC(CC(OC)(OC)C(c1ccccc1)(c1ccccc1)c1ccccc1)P(O)(O)(O)CC(C#N)N(C(C)C)C(C)C. The number of ether oxygens (including phenoxy) is 6. The molecule has 0 aromatic heterocycles. The van der Waals surface area contributed by atoms with Crippen LogP contribution in [-0.4, -0.2) is 135 Å². The van der Waals surface area contributed by atoms with Gasteiger partial charge in [0, 0.05) is 7.11 Å². The number of nitriles is 1. The van der Waals surface area contributed by atoms with E-state index in [0.717, 1.165) is 16.7 Å². The van der Waals surface area contributed by atoms with Gasteiger partial charge in [-0.3, -0.25) is 0 Å². The van der Waals surface area contributed by atoms with E-state index in [-0.39, 0.29) is 38.3 Å². The molecule has 0 radical (unpaired) electrons. The molecule has 57 heavy (non-hydrogen) atoms. The number of nitrogens with zero attached hydrogens (tertiary/aromatic N) is 2. The number of carbonyl (C=O) groups excluding carboxylic acids is 1. The third-order valence-electron chi connectivity index (χ3n) is 10.3. The van der Waals surface area contributed by atoms with Crippen LogP contribution in [-0.2, 0) is 38.6 Å². The number of carbonyl (C=O) groups is 1. The Labute approximate surface area is 339 Å². The zero-order valence-corrected chi connectivity index (χ0v) is 35.5. The molecule has 0 bridgehead atoms. The van der Waals surface area contributed by atoms with Gasteiger partial charge in [-0.2, -0.15) is 0 Å². The third-order valence-corrected chi connectivity index (χ3v) is 13.2. The molecule has 0 fully saturated rings. The van der Waals surface area contributed by atoms with Crippen molar-refractivity contribution in [2.45, 2.75) is 69.1 Å². The van der Waals surface area contributed by atoms with E-state index in [2.05, 4.69) is 11.4 Å². The first-order chi connectivity index (χ1) is 27.2. The fourth-order valence-corrected chi connectivity index (χ4v) is 10.0. The van der Waals surface area contributed by atoms with Crippen LogP contribution in [0.5, 0.6) is 0 Å². The summed E-state index contributed by atoms with van der Waals surface area (Å²) in [6.07, 6.45) is -1.02. The summed E-state index contributed by atoms with van der Waals surface area (Å²) in [5.74, 6) is -2.32. The average molecular weight is 814 g/mol. The molecular formula is C43H64N3O10P. The molecule has 14 heteroatoms. The topological polar surface area (TPSA) is 172 Å². The standard InChI is InChI=1S/C43H64N3O10P/c1-34(2)46(35(3)4)39(30-44)33-57(48,49,50)40(31-45-41(47)32-56-28-27-55-26-25-54-24-23-51-5)29-42(52-6,53-7)43(36-17-11-8-12-18-36,37-19-13-9-14-20-37)38-21-15-10-16-22-38/h8-22,34-35,39-40,48-50H,23-29,31-33H2,1-7H3,(H,45,47). The van der Waals surface area contributed by atoms with E-state index in [1.165, 1.54) is 14.2 Å². The van der Waals surface area contributed by atoms with Gasteiger partial charge in [0.1, 0.15) is 0 Å². The monoisotopic (exact) mass is 813 g/mol. The molecule has 13 nitrogen and oxygen atoms in total. The van der Waals surface area contributed by atoms with Gasteiger partial charge in [-0.1, -0.05) is 0 Å². The first-order valence-electron chi connectivity index (χ1n) is 19.4. The second-order valence-corrected chi connectivity index (χ2v) is 18.2. The number of methoxy groups -OCH3 is 3. The molecule has 0 saturated heterocycles. The number of rotatable bonds is 27. The predicted octanol–water partition coefficient (Wildman–Crippen LogP) is 4.87. The van der Waals surface area contributed by atoms with Gasteiger partial charge in [-0.05, 0) is 0 Å². The number of amides is 1. The summed E-state index contributed by atoms with van der Waals surface area (Å²) in [7, 11) is -1.41. The van der Waals surface area contributed by atoms with E-state index < -0.39 is 48.8 Å². The molecule has 2 unspecified atom stereocenters. The summed E-state index contributed by atoms with van der Waals surface area (Å²) < 4.78 is 34.4. The molecule has 4 N–H and O–H groups in total. The van der Waals surface area contributed by atoms with E-state index >= 15 is 0 Å². The summed E-state index contributed by atoms with van der Waals surface area (Å²) in [6.45, 7) is 8.90. The zero-order valence-electron chi connectivity index (χ0n) is 34.6. The fourth-order valence-electron chi connectivity index (χ4n) is 7.72. The molecule has 3 aromatic rings. The van der Waals surface area contributed by atoms with Crippen molar-refractivity contribution in [3.05, 3.63) is 108 Å². The molecule has 316 valence electrons. The Morgan fingerprint density at radius 2 is 1.14 bits per heavy atom. The van der Waals surface area contributed by atoms with Crippen molar-refractivity contribution in [3.8, 4) is 6.07 Å². The summed E-state index contributed by atoms with van der Waals surface area (Å²) >= 11 is 0. The number of benzene rings is 3. The van der Waals surface area contributed by atoms with E-state index in [1.807, 2.05) is 124 Å². The minimum atomic E-state index is -5.96. The van der Waals surface area contributed by atoms with Crippen molar-refractivity contribution in [2.24, 2.45) is 0 Å². The van der Waals surface area contributed by atoms with Gasteiger partial charge in [-0.25, -0.2) is 0 Å². The van der Waals surface area contributed by atoms with Crippen molar-refractivity contribution in [3.63, 3.8) is 0 Å². The van der Waals surface area contributed by atoms with Crippen LogP contribution >= 0.6 is 7.28 Å².